The van der Waals surface area contributed by atoms with E-state index in [0.717, 1.165) is 38.6 Å². The van der Waals surface area contributed by atoms with Crippen molar-refractivity contribution in [2.75, 3.05) is 20.3 Å². The Bertz CT molecular complexity index is 889. The number of carbonyl (C=O) groups is 2. The lowest BCUT2D eigenvalue weighted by molar-refractivity contribution is -0.151. The third kappa shape index (κ3) is 4.90. The molecule has 0 saturated heterocycles. The van der Waals surface area contributed by atoms with Gasteiger partial charge >= 0.3 is 0 Å². The summed E-state index contributed by atoms with van der Waals surface area (Å²) in [4.78, 5) is 27.9. The summed E-state index contributed by atoms with van der Waals surface area (Å²) in [5.74, 6) is 0.146. The Hall–Kier alpha value is -1.92. The Morgan fingerprint density at radius 3 is 2.68 bits per heavy atom. The summed E-state index contributed by atoms with van der Waals surface area (Å²) >= 11 is 0. The Labute approximate surface area is 204 Å². The number of aliphatic hydroxyl groups is 1. The highest BCUT2D eigenvalue weighted by molar-refractivity contribution is 5.79. The van der Waals surface area contributed by atoms with Gasteiger partial charge in [-0.1, -0.05) is 45.0 Å². The molecule has 1 aromatic carbocycles. The van der Waals surface area contributed by atoms with Crippen molar-refractivity contribution < 1.29 is 19.4 Å². The molecule has 1 aromatic rings. The minimum Gasteiger partial charge on any atom is -0.392 e. The maximum absolute atomic E-state index is 13.5. The molecule has 1 unspecified atom stereocenters. The van der Waals surface area contributed by atoms with E-state index in [1.165, 1.54) is 11.1 Å². The van der Waals surface area contributed by atoms with Gasteiger partial charge in [-0.05, 0) is 66.4 Å². The van der Waals surface area contributed by atoms with Crippen LogP contribution in [0.4, 0.5) is 0 Å². The summed E-state index contributed by atoms with van der Waals surface area (Å²) < 4.78 is 5.04. The molecule has 2 aliphatic carbocycles. The van der Waals surface area contributed by atoms with Crippen LogP contribution in [0.15, 0.2) is 24.3 Å². The molecule has 0 aromatic heterocycles. The number of nitrogens with zero attached hydrogens (tertiary/aromatic N) is 1. The minimum atomic E-state index is -0.538. The Morgan fingerprint density at radius 2 is 1.94 bits per heavy atom. The molecular weight excluding hydrogens is 428 g/mol. The number of carbonyl (C=O) groups excluding carboxylic acids is 2. The van der Waals surface area contributed by atoms with Crippen LogP contribution in [-0.2, 0) is 27.3 Å². The third-order valence-corrected chi connectivity index (χ3v) is 9.24. The molecule has 1 heterocycles. The van der Waals surface area contributed by atoms with E-state index in [0.29, 0.717) is 19.6 Å². The van der Waals surface area contributed by atoms with Crippen molar-refractivity contribution >= 4 is 11.8 Å². The molecule has 34 heavy (non-hydrogen) atoms. The van der Waals surface area contributed by atoms with Gasteiger partial charge in [0.15, 0.2) is 0 Å². The van der Waals surface area contributed by atoms with E-state index in [1.807, 2.05) is 17.9 Å². The smallest absolute Gasteiger partial charge is 0.226 e. The van der Waals surface area contributed by atoms with Crippen LogP contribution >= 0.6 is 0 Å². The number of benzene rings is 1. The highest BCUT2D eigenvalue weighted by atomic mass is 16.5. The zero-order chi connectivity index (χ0) is 24.5. The highest BCUT2D eigenvalue weighted by Gasteiger charge is 2.54. The Morgan fingerprint density at radius 1 is 1.24 bits per heavy atom. The van der Waals surface area contributed by atoms with Crippen molar-refractivity contribution in [3.05, 3.63) is 35.4 Å². The molecule has 7 atom stereocenters. The van der Waals surface area contributed by atoms with Gasteiger partial charge in [0.05, 0.1) is 12.7 Å². The lowest BCUT2D eigenvalue weighted by Crippen LogP contribution is -2.58. The van der Waals surface area contributed by atoms with Gasteiger partial charge in [0.2, 0.25) is 11.8 Å². The van der Waals surface area contributed by atoms with Crippen molar-refractivity contribution in [3.8, 4) is 0 Å². The zero-order valence-corrected chi connectivity index (χ0v) is 21.3. The van der Waals surface area contributed by atoms with Crippen LogP contribution in [-0.4, -0.2) is 54.2 Å². The van der Waals surface area contributed by atoms with Gasteiger partial charge in [-0.3, -0.25) is 9.59 Å². The van der Waals surface area contributed by atoms with Crippen LogP contribution in [0.2, 0.25) is 0 Å². The fraction of sp³-hybridized carbons (Fsp3) is 0.714. The van der Waals surface area contributed by atoms with E-state index in [-0.39, 0.29) is 46.9 Å². The van der Waals surface area contributed by atoms with Crippen LogP contribution in [0.3, 0.4) is 0 Å². The molecule has 4 rings (SSSR count). The van der Waals surface area contributed by atoms with E-state index in [1.54, 1.807) is 7.11 Å². The van der Waals surface area contributed by atoms with Crippen LogP contribution < -0.4 is 5.32 Å². The minimum absolute atomic E-state index is 0.0121. The zero-order valence-electron chi connectivity index (χ0n) is 21.3. The number of fused-ring (bicyclic) bond motifs is 2. The van der Waals surface area contributed by atoms with Gasteiger partial charge < -0.3 is 20.1 Å². The normalized spacial score (nSPS) is 34.0. The molecule has 3 aliphatic rings. The number of ether oxygens (including phenoxy) is 1. The van der Waals surface area contributed by atoms with E-state index < -0.39 is 6.10 Å². The fourth-order valence-electron chi connectivity index (χ4n) is 7.13. The lowest BCUT2D eigenvalue weighted by atomic mass is 9.51. The number of rotatable bonds is 6. The van der Waals surface area contributed by atoms with E-state index in [2.05, 4.69) is 37.4 Å². The molecule has 0 bridgehead atoms. The summed E-state index contributed by atoms with van der Waals surface area (Å²) in [7, 11) is 1.60. The van der Waals surface area contributed by atoms with Gasteiger partial charge in [-0.15, -0.1) is 0 Å². The number of hydrogen-bond donors (Lipinski definition) is 2. The second-order valence-electron chi connectivity index (χ2n) is 11.3. The topological polar surface area (TPSA) is 78.9 Å². The predicted molar refractivity (Wildman–Crippen MR) is 132 cm³/mol. The summed E-state index contributed by atoms with van der Waals surface area (Å²) in [5, 5.41) is 14.9. The third-order valence-electron chi connectivity index (χ3n) is 9.24. The first-order chi connectivity index (χ1) is 16.2. The average molecular weight is 471 g/mol. The molecule has 1 aliphatic heterocycles. The molecule has 0 spiro atoms. The molecule has 188 valence electrons. The fourth-order valence-corrected chi connectivity index (χ4v) is 7.13. The maximum Gasteiger partial charge on any atom is 0.226 e. The Kier molecular flexibility index (Phi) is 7.68. The van der Waals surface area contributed by atoms with Crippen molar-refractivity contribution in [3.63, 3.8) is 0 Å². The summed E-state index contributed by atoms with van der Waals surface area (Å²) in [6.07, 6.45) is 4.54. The molecule has 2 amide bonds. The number of aliphatic hydroxyl groups excluding tert-OH is 1. The molecule has 6 heteroatoms. The first-order valence-electron chi connectivity index (χ1n) is 13.1. The van der Waals surface area contributed by atoms with Crippen molar-refractivity contribution in [1.82, 2.24) is 10.2 Å². The van der Waals surface area contributed by atoms with Gasteiger partial charge in [-0.2, -0.15) is 0 Å². The summed E-state index contributed by atoms with van der Waals surface area (Å²) in [6, 6.07) is 8.43. The second-order valence-corrected chi connectivity index (χ2v) is 11.3. The van der Waals surface area contributed by atoms with Crippen LogP contribution in [0.5, 0.6) is 0 Å². The highest BCUT2D eigenvalue weighted by Crippen LogP contribution is 2.55. The quantitative estimate of drug-likeness (QED) is 0.666. The number of hydrogen-bond acceptors (Lipinski definition) is 4. The SMILES string of the molecule is COCCC(=O)N[C@H]1CC[C@]2(C)CCC([C@H](C)C(=O)N3CCc4ccccc4C3)[C@H](O)[C@H]2[C@@H]1C. The van der Waals surface area contributed by atoms with Crippen LogP contribution in [0, 0.1) is 29.1 Å². The molecular formula is C28H42N2O4. The van der Waals surface area contributed by atoms with Crippen LogP contribution in [0.25, 0.3) is 0 Å². The molecule has 6 nitrogen and oxygen atoms in total. The Balaban J connectivity index is 1.44. The predicted octanol–water partition coefficient (Wildman–Crippen LogP) is 3.55. The van der Waals surface area contributed by atoms with E-state index in [9.17, 15) is 14.7 Å². The summed E-state index contributed by atoms with van der Waals surface area (Å²) in [5.41, 5.74) is 2.62. The van der Waals surface area contributed by atoms with Gasteiger partial charge in [0.1, 0.15) is 0 Å². The van der Waals surface area contributed by atoms with E-state index >= 15 is 0 Å². The van der Waals surface area contributed by atoms with Crippen LogP contribution in [0.1, 0.15) is 64.0 Å². The number of amides is 2. The molecule has 2 N–H and O–H groups in total. The average Bonchev–Trinajstić information content (AvgIpc) is 2.83. The standard InChI is InChI=1S/C28H42N2O4/c1-18(27(33)30-15-11-20-7-5-6-8-21(20)17-30)22-9-13-28(3)14-10-23(19(2)25(28)26(22)32)29-24(31)12-16-34-4/h5-8,18-19,22-23,25-26,32H,9-17H2,1-4H3,(H,29,31)/t18-,19+,22?,23-,25+,26-,28-/m0/s1. The second kappa shape index (κ2) is 10.4. The monoisotopic (exact) mass is 470 g/mol. The molecule has 2 saturated carbocycles. The van der Waals surface area contributed by atoms with Gasteiger partial charge in [-0.25, -0.2) is 0 Å². The van der Waals surface area contributed by atoms with Crippen molar-refractivity contribution in [2.24, 2.45) is 29.1 Å². The first kappa shape index (κ1) is 25.2. The number of nitrogens with one attached hydrogen (secondary N) is 1. The molecule has 0 radical (unpaired) electrons. The number of methoxy groups -OCH3 is 1. The maximum atomic E-state index is 13.5. The summed E-state index contributed by atoms with van der Waals surface area (Å²) in [6.45, 7) is 8.30. The first-order valence-corrected chi connectivity index (χ1v) is 13.1. The molecule has 2 fully saturated rings. The van der Waals surface area contributed by atoms with Gasteiger partial charge in [0, 0.05) is 38.6 Å². The van der Waals surface area contributed by atoms with Gasteiger partial charge in [0.25, 0.3) is 0 Å². The van der Waals surface area contributed by atoms with E-state index in [4.69, 9.17) is 4.74 Å². The largest absolute Gasteiger partial charge is 0.392 e. The van der Waals surface area contributed by atoms with Crippen molar-refractivity contribution in [2.45, 2.75) is 78.0 Å². The van der Waals surface area contributed by atoms with Crippen molar-refractivity contribution in [1.29, 1.82) is 0 Å². The lowest BCUT2D eigenvalue weighted by Gasteiger charge is -2.56.